The molecule has 6 atom stereocenters. The number of benzene rings is 3. The molecule has 3 aromatic rings. The first-order chi connectivity index (χ1) is 22.4. The van der Waals surface area contributed by atoms with Crippen molar-refractivity contribution in [1.82, 2.24) is 4.90 Å². The van der Waals surface area contributed by atoms with Crippen molar-refractivity contribution < 1.29 is 47.1 Å². The first-order valence-electron chi connectivity index (χ1n) is 15.4. The molecule has 254 valence electrons. The lowest BCUT2D eigenvalue weighted by Gasteiger charge is -2.40. The highest BCUT2D eigenvalue weighted by molar-refractivity contribution is 7.99. The number of piperidine rings is 1. The van der Waals surface area contributed by atoms with Gasteiger partial charge in [-0.15, -0.1) is 11.8 Å². The van der Waals surface area contributed by atoms with Gasteiger partial charge in [-0.1, -0.05) is 18.2 Å². The largest absolute Gasteiger partial charge is 0.490 e. The van der Waals surface area contributed by atoms with Gasteiger partial charge in [0.25, 0.3) is 0 Å². The number of rotatable bonds is 10. The second kappa shape index (κ2) is 15.3. The molecule has 1 amide bonds. The molecule has 0 bridgehead atoms. The van der Waals surface area contributed by atoms with E-state index in [1.165, 1.54) is 23.9 Å². The van der Waals surface area contributed by atoms with E-state index < -0.39 is 59.2 Å². The Hall–Kier alpha value is -3.20. The Morgan fingerprint density at radius 2 is 1.60 bits per heavy atom. The van der Waals surface area contributed by atoms with Crippen molar-refractivity contribution >= 4 is 17.7 Å². The van der Waals surface area contributed by atoms with E-state index in [0.717, 1.165) is 11.6 Å². The summed E-state index contributed by atoms with van der Waals surface area (Å²) in [7, 11) is 0. The van der Waals surface area contributed by atoms with Crippen LogP contribution in [0.1, 0.15) is 47.6 Å². The summed E-state index contributed by atoms with van der Waals surface area (Å²) < 4.78 is 67.4. The first-order valence-corrected chi connectivity index (χ1v) is 16.7. The van der Waals surface area contributed by atoms with Gasteiger partial charge in [0.15, 0.2) is 11.6 Å². The molecule has 47 heavy (non-hydrogen) atoms. The lowest BCUT2D eigenvalue weighted by atomic mass is 9.92. The number of ether oxygens (including phenoxy) is 2. The third kappa shape index (κ3) is 8.45. The van der Waals surface area contributed by atoms with Crippen LogP contribution in [0.25, 0.3) is 0 Å². The topological polar surface area (TPSA) is 125 Å². The number of aliphatic hydroxyl groups is 3. The molecule has 0 saturated carbocycles. The van der Waals surface area contributed by atoms with Gasteiger partial charge in [-0.2, -0.15) is 0 Å². The normalized spacial score (nSPS) is 24.3. The molecule has 3 aromatic carbocycles. The van der Waals surface area contributed by atoms with Crippen LogP contribution < -0.4 is 10.5 Å². The smallest absolute Gasteiger partial charge is 0.224 e. The maximum atomic E-state index is 14.8. The number of amides is 1. The number of hydrogen-bond donors (Lipinski definition) is 4. The van der Waals surface area contributed by atoms with Crippen LogP contribution >= 0.6 is 11.8 Å². The van der Waals surface area contributed by atoms with Crippen LogP contribution in [0.5, 0.6) is 5.75 Å². The van der Waals surface area contributed by atoms with E-state index in [0.29, 0.717) is 48.9 Å². The zero-order valence-corrected chi connectivity index (χ0v) is 26.5. The third-order valence-electron chi connectivity index (χ3n) is 8.62. The summed E-state index contributed by atoms with van der Waals surface area (Å²) in [5.74, 6) is -3.37. The summed E-state index contributed by atoms with van der Waals surface area (Å²) in [6.45, 7) is 0.882. The Kier molecular flexibility index (Phi) is 11.5. The molecule has 2 saturated heterocycles. The van der Waals surface area contributed by atoms with Crippen molar-refractivity contribution in [2.45, 2.75) is 74.1 Å². The minimum atomic E-state index is -1.40. The molecule has 8 nitrogen and oxygen atoms in total. The van der Waals surface area contributed by atoms with Gasteiger partial charge in [0.05, 0.1) is 0 Å². The van der Waals surface area contributed by atoms with Gasteiger partial charge < -0.3 is 35.4 Å². The number of thioether (sulfide) groups is 1. The average Bonchev–Trinajstić information content (AvgIpc) is 3.05. The maximum Gasteiger partial charge on any atom is 0.224 e. The number of aliphatic hydroxyl groups excluding tert-OH is 3. The van der Waals surface area contributed by atoms with Crippen LogP contribution in [-0.4, -0.2) is 81.4 Å². The van der Waals surface area contributed by atoms with Crippen molar-refractivity contribution in [3.05, 3.63) is 100 Å². The number of nitrogens with two attached hydrogens (primary N) is 1. The summed E-state index contributed by atoms with van der Waals surface area (Å²) in [5.41, 5.74) is 6.88. The molecule has 2 heterocycles. The number of carbonyl (C=O) groups excluding carboxylic acids is 1. The van der Waals surface area contributed by atoms with Crippen molar-refractivity contribution in [3.63, 3.8) is 0 Å². The number of likely N-dealkylation sites (tertiary alicyclic amines) is 1. The lowest BCUT2D eigenvalue weighted by Crippen LogP contribution is -2.52. The van der Waals surface area contributed by atoms with E-state index in [4.69, 9.17) is 15.2 Å². The standard InChI is InChI=1S/C34H38F4N2O6S/c1-47-34-32(44)30(42)31(43)33(46-34)19-4-7-25(35)20(13-19)12-18-2-5-23(6-3-18)45-24-8-10-40(11-9-24)29(41)16-22(39)14-21-15-27(37)28(38)17-26(21)36/h2-7,13,15,17,22,24,30-34,42-44H,8-12,14,16,39H2,1H3/t22-,30+,31+,32-,33-,34+/m0/s1. The van der Waals surface area contributed by atoms with Gasteiger partial charge in [0.1, 0.15) is 53.3 Å². The van der Waals surface area contributed by atoms with Gasteiger partial charge in [-0.25, -0.2) is 17.6 Å². The predicted octanol–water partition coefficient (Wildman–Crippen LogP) is 4.01. The second-order valence-corrected chi connectivity index (χ2v) is 13.0. The van der Waals surface area contributed by atoms with Gasteiger partial charge in [0.2, 0.25) is 5.91 Å². The van der Waals surface area contributed by atoms with E-state index in [9.17, 15) is 37.7 Å². The van der Waals surface area contributed by atoms with Crippen molar-refractivity contribution in [2.24, 2.45) is 5.73 Å². The molecule has 0 spiro atoms. The summed E-state index contributed by atoms with van der Waals surface area (Å²) >= 11 is 1.21. The highest BCUT2D eigenvalue weighted by Crippen LogP contribution is 2.36. The molecule has 13 heteroatoms. The predicted molar refractivity (Wildman–Crippen MR) is 168 cm³/mol. The molecule has 5 rings (SSSR count). The zero-order chi connectivity index (χ0) is 33.8. The van der Waals surface area contributed by atoms with Crippen molar-refractivity contribution in [2.75, 3.05) is 19.3 Å². The highest BCUT2D eigenvalue weighted by Gasteiger charge is 2.44. The van der Waals surface area contributed by atoms with Crippen molar-refractivity contribution in [3.8, 4) is 5.75 Å². The quantitative estimate of drug-likeness (QED) is 0.187. The SMILES string of the molecule is CS[C@H]1O[C@@H](c2ccc(F)c(Cc3ccc(OC4CCN(C(=O)C[C@@H](N)Cc5cc(F)c(F)cc5F)CC4)cc3)c2)[C@H](O)[C@@H](O)[C@@H]1O. The van der Waals surface area contributed by atoms with E-state index in [-0.39, 0.29) is 36.8 Å². The minimum Gasteiger partial charge on any atom is -0.490 e. The fourth-order valence-corrected chi connectivity index (χ4v) is 6.65. The van der Waals surface area contributed by atoms with Gasteiger partial charge in [-0.3, -0.25) is 4.79 Å². The molecular weight excluding hydrogens is 640 g/mol. The summed E-state index contributed by atoms with van der Waals surface area (Å²) in [5, 5.41) is 31.0. The van der Waals surface area contributed by atoms with Gasteiger partial charge in [0, 0.05) is 50.9 Å². The maximum absolute atomic E-state index is 14.8. The number of halogens is 4. The van der Waals surface area contributed by atoms with Crippen LogP contribution in [0.2, 0.25) is 0 Å². The second-order valence-electron chi connectivity index (χ2n) is 12.0. The lowest BCUT2D eigenvalue weighted by molar-refractivity contribution is -0.200. The molecule has 0 aromatic heterocycles. The van der Waals surface area contributed by atoms with E-state index in [1.54, 1.807) is 29.4 Å². The summed E-state index contributed by atoms with van der Waals surface area (Å²) in [4.78, 5) is 14.4. The van der Waals surface area contributed by atoms with Crippen LogP contribution in [0.3, 0.4) is 0 Å². The fraction of sp³-hybridized carbons (Fsp3) is 0.441. The Morgan fingerprint density at radius 3 is 2.28 bits per heavy atom. The molecule has 5 N–H and O–H groups in total. The monoisotopic (exact) mass is 678 g/mol. The summed E-state index contributed by atoms with van der Waals surface area (Å²) in [6.07, 6.45) is -2.13. The van der Waals surface area contributed by atoms with Crippen LogP contribution in [-0.2, 0) is 22.4 Å². The van der Waals surface area contributed by atoms with Gasteiger partial charge in [-0.05, 0) is 65.3 Å². The fourth-order valence-electron chi connectivity index (χ4n) is 5.97. The number of carbonyl (C=O) groups is 1. The molecule has 0 unspecified atom stereocenters. The molecule has 2 aliphatic heterocycles. The first kappa shape index (κ1) is 35.1. The Morgan fingerprint density at radius 1 is 0.915 bits per heavy atom. The Balaban J connectivity index is 1.11. The molecule has 2 fully saturated rings. The van der Waals surface area contributed by atoms with E-state index in [2.05, 4.69) is 0 Å². The van der Waals surface area contributed by atoms with E-state index >= 15 is 0 Å². The van der Waals surface area contributed by atoms with Crippen LogP contribution in [0.15, 0.2) is 54.6 Å². The number of hydrogen-bond acceptors (Lipinski definition) is 8. The Labute approximate surface area is 274 Å². The minimum absolute atomic E-state index is 0.0629. The van der Waals surface area contributed by atoms with Crippen LogP contribution in [0.4, 0.5) is 17.6 Å². The average molecular weight is 679 g/mol. The molecular formula is C34H38F4N2O6S. The van der Waals surface area contributed by atoms with Gasteiger partial charge >= 0.3 is 0 Å². The number of nitrogens with zero attached hydrogens (tertiary/aromatic N) is 1. The highest BCUT2D eigenvalue weighted by atomic mass is 32.2. The zero-order valence-electron chi connectivity index (χ0n) is 25.7. The van der Waals surface area contributed by atoms with Crippen molar-refractivity contribution in [1.29, 1.82) is 0 Å². The molecule has 0 aliphatic carbocycles. The molecule has 2 aliphatic rings. The van der Waals surface area contributed by atoms with Crippen LogP contribution in [0, 0.1) is 23.3 Å². The summed E-state index contributed by atoms with van der Waals surface area (Å²) in [6, 6.07) is 12.1. The van der Waals surface area contributed by atoms with E-state index in [1.807, 2.05) is 12.1 Å². The molecule has 0 radical (unpaired) electrons. The Bertz CT molecular complexity index is 1540. The third-order valence-corrected chi connectivity index (χ3v) is 9.48.